The van der Waals surface area contributed by atoms with Crippen molar-refractivity contribution in [1.29, 1.82) is 0 Å². The lowest BCUT2D eigenvalue weighted by Gasteiger charge is -2.16. The van der Waals surface area contributed by atoms with E-state index in [9.17, 15) is 4.79 Å². The molecule has 112 valence electrons. The lowest BCUT2D eigenvalue weighted by Crippen LogP contribution is -2.37. The van der Waals surface area contributed by atoms with E-state index in [1.807, 2.05) is 35.1 Å². The Morgan fingerprint density at radius 1 is 1.57 bits per heavy atom. The molecule has 1 saturated carbocycles. The maximum Gasteiger partial charge on any atom is 0.272 e. The number of thioether (sulfide) groups is 1. The summed E-state index contributed by atoms with van der Waals surface area (Å²) in [6, 6.07) is 5.79. The van der Waals surface area contributed by atoms with Gasteiger partial charge in [0.05, 0.1) is 5.52 Å². The second-order valence-corrected chi connectivity index (χ2v) is 6.11. The minimum absolute atomic E-state index is 0.0562. The van der Waals surface area contributed by atoms with Crippen LogP contribution < -0.4 is 5.32 Å². The highest BCUT2D eigenvalue weighted by Gasteiger charge is 2.32. The number of nitrogens with zero attached hydrogens (tertiary/aromatic N) is 2. The average molecular weight is 305 g/mol. The molecule has 0 aromatic carbocycles. The van der Waals surface area contributed by atoms with Gasteiger partial charge in [-0.1, -0.05) is 17.8 Å². The zero-order valence-corrected chi connectivity index (χ0v) is 12.8. The molecular weight excluding hydrogens is 286 g/mol. The molecule has 2 aromatic rings. The molecule has 1 amide bonds. The van der Waals surface area contributed by atoms with Crippen LogP contribution in [0.25, 0.3) is 5.52 Å². The van der Waals surface area contributed by atoms with E-state index in [0.717, 1.165) is 23.5 Å². The second kappa shape index (κ2) is 6.07. The quantitative estimate of drug-likeness (QED) is 0.801. The number of imidazole rings is 1. The molecule has 0 aliphatic heterocycles. The molecule has 6 heteroatoms. The monoisotopic (exact) mass is 305 g/mol. The van der Waals surface area contributed by atoms with Crippen molar-refractivity contribution in [2.75, 3.05) is 12.9 Å². The summed E-state index contributed by atoms with van der Waals surface area (Å²) in [6.07, 6.45) is 6.73. The summed E-state index contributed by atoms with van der Waals surface area (Å²) in [5.74, 6) is 0.361. The summed E-state index contributed by atoms with van der Waals surface area (Å²) >= 11 is 1.52. The molecule has 5 nitrogen and oxygen atoms in total. The van der Waals surface area contributed by atoms with E-state index in [4.69, 9.17) is 5.11 Å². The molecule has 3 rings (SSSR count). The van der Waals surface area contributed by atoms with Gasteiger partial charge >= 0.3 is 0 Å². The minimum atomic E-state index is -0.149. The van der Waals surface area contributed by atoms with Gasteiger partial charge in [-0.15, -0.1) is 0 Å². The first-order valence-electron chi connectivity index (χ1n) is 7.17. The molecular formula is C15H19N3O2S. The lowest BCUT2D eigenvalue weighted by molar-refractivity contribution is 0.0921. The van der Waals surface area contributed by atoms with Crippen molar-refractivity contribution in [2.45, 2.75) is 30.5 Å². The summed E-state index contributed by atoms with van der Waals surface area (Å²) in [6.45, 7) is 0.0987. The fraction of sp³-hybridized carbons (Fsp3) is 0.467. The van der Waals surface area contributed by atoms with Crippen LogP contribution in [0.15, 0.2) is 29.6 Å². The zero-order valence-electron chi connectivity index (χ0n) is 12.0. The maximum absolute atomic E-state index is 12.5. The first-order valence-corrected chi connectivity index (χ1v) is 8.40. The molecule has 1 aliphatic carbocycles. The Morgan fingerprint density at radius 2 is 2.38 bits per heavy atom. The topological polar surface area (TPSA) is 66.6 Å². The molecule has 0 radical (unpaired) electrons. The number of rotatable bonds is 6. The van der Waals surface area contributed by atoms with Crippen molar-refractivity contribution < 1.29 is 9.90 Å². The molecule has 2 aromatic heterocycles. The first kappa shape index (κ1) is 14.4. The van der Waals surface area contributed by atoms with Crippen LogP contribution in [0, 0.1) is 5.92 Å². The number of nitrogens with one attached hydrogen (secondary N) is 1. The van der Waals surface area contributed by atoms with Gasteiger partial charge in [0.25, 0.3) is 5.91 Å². The van der Waals surface area contributed by atoms with Crippen LogP contribution in [-0.4, -0.2) is 39.3 Å². The number of carbonyl (C=O) groups excluding carboxylic acids is 1. The summed E-state index contributed by atoms with van der Waals surface area (Å²) in [5.41, 5.74) is 1.28. The molecule has 2 N–H and O–H groups in total. The number of hydrogen-bond donors (Lipinski definition) is 2. The number of carbonyl (C=O) groups is 1. The van der Waals surface area contributed by atoms with Crippen LogP contribution in [0.4, 0.5) is 0 Å². The molecule has 0 bridgehead atoms. The largest absolute Gasteiger partial charge is 0.396 e. The highest BCUT2D eigenvalue weighted by Crippen LogP contribution is 2.34. The van der Waals surface area contributed by atoms with Crippen LogP contribution in [0.3, 0.4) is 0 Å². The minimum Gasteiger partial charge on any atom is -0.396 e. The predicted molar refractivity (Wildman–Crippen MR) is 82.7 cm³/mol. The molecule has 1 aliphatic rings. The average Bonchev–Trinajstić information content (AvgIpc) is 3.27. The van der Waals surface area contributed by atoms with Gasteiger partial charge < -0.3 is 10.4 Å². The summed E-state index contributed by atoms with van der Waals surface area (Å²) in [7, 11) is 0. The van der Waals surface area contributed by atoms with Gasteiger partial charge in [-0.05, 0) is 43.6 Å². The molecule has 0 saturated heterocycles. The van der Waals surface area contributed by atoms with Gasteiger partial charge in [0.2, 0.25) is 0 Å². The highest BCUT2D eigenvalue weighted by molar-refractivity contribution is 7.98. The second-order valence-electron chi connectivity index (χ2n) is 5.33. The van der Waals surface area contributed by atoms with E-state index in [0.29, 0.717) is 18.0 Å². The van der Waals surface area contributed by atoms with Crippen molar-refractivity contribution in [1.82, 2.24) is 14.7 Å². The van der Waals surface area contributed by atoms with Gasteiger partial charge in [0.15, 0.2) is 10.9 Å². The Kier molecular flexibility index (Phi) is 4.17. The summed E-state index contributed by atoms with van der Waals surface area (Å²) in [5, 5.41) is 13.0. The molecule has 1 atom stereocenters. The third kappa shape index (κ3) is 2.91. The van der Waals surface area contributed by atoms with Crippen molar-refractivity contribution in [3.05, 3.63) is 30.1 Å². The van der Waals surface area contributed by atoms with E-state index in [-0.39, 0.29) is 18.6 Å². The number of aromatic nitrogens is 2. The van der Waals surface area contributed by atoms with Crippen LogP contribution in [0.2, 0.25) is 0 Å². The fourth-order valence-corrected chi connectivity index (χ4v) is 3.16. The number of pyridine rings is 1. The number of amides is 1. The highest BCUT2D eigenvalue weighted by atomic mass is 32.2. The Morgan fingerprint density at radius 3 is 3.05 bits per heavy atom. The van der Waals surface area contributed by atoms with E-state index >= 15 is 0 Å². The number of aliphatic hydroxyl groups excluding tert-OH is 1. The maximum atomic E-state index is 12.5. The molecule has 0 spiro atoms. The predicted octanol–water partition coefficient (Wildman–Crippen LogP) is 1.95. The summed E-state index contributed by atoms with van der Waals surface area (Å²) < 4.78 is 1.93. The first-order chi connectivity index (χ1) is 10.2. The SMILES string of the molecule is CSc1nc(C(=O)NC(CCO)C2CC2)c2ccccn12. The van der Waals surface area contributed by atoms with Gasteiger partial charge in [0, 0.05) is 18.8 Å². The van der Waals surface area contributed by atoms with Gasteiger partial charge in [-0.25, -0.2) is 4.98 Å². The van der Waals surface area contributed by atoms with Gasteiger partial charge in [0.1, 0.15) is 0 Å². The molecule has 2 heterocycles. The van der Waals surface area contributed by atoms with E-state index < -0.39 is 0 Å². The van der Waals surface area contributed by atoms with Crippen LogP contribution >= 0.6 is 11.8 Å². The third-order valence-corrected chi connectivity index (χ3v) is 4.51. The standard InChI is InChI=1S/C15H19N3O2S/c1-21-15-17-13(12-4-2-3-8-18(12)15)14(20)16-11(7-9-19)10-5-6-10/h2-4,8,10-11,19H,5-7,9H2,1H3,(H,16,20). The fourth-order valence-electron chi connectivity index (χ4n) is 2.62. The van der Waals surface area contributed by atoms with E-state index in [1.54, 1.807) is 0 Å². The number of fused-ring (bicyclic) bond motifs is 1. The molecule has 21 heavy (non-hydrogen) atoms. The lowest BCUT2D eigenvalue weighted by atomic mass is 10.1. The van der Waals surface area contributed by atoms with Crippen molar-refractivity contribution in [3.8, 4) is 0 Å². The van der Waals surface area contributed by atoms with E-state index in [2.05, 4.69) is 10.3 Å². The number of aliphatic hydroxyl groups is 1. The van der Waals surface area contributed by atoms with Crippen LogP contribution in [-0.2, 0) is 0 Å². The van der Waals surface area contributed by atoms with Crippen molar-refractivity contribution in [2.24, 2.45) is 5.92 Å². The van der Waals surface area contributed by atoms with Gasteiger partial charge in [-0.3, -0.25) is 9.20 Å². The molecule has 1 unspecified atom stereocenters. The Balaban J connectivity index is 1.87. The summed E-state index contributed by atoms with van der Waals surface area (Å²) in [4.78, 5) is 17.0. The smallest absolute Gasteiger partial charge is 0.272 e. The Hall–Kier alpha value is -1.53. The third-order valence-electron chi connectivity index (χ3n) is 3.86. The van der Waals surface area contributed by atoms with Gasteiger partial charge in [-0.2, -0.15) is 0 Å². The van der Waals surface area contributed by atoms with Crippen LogP contribution in [0.5, 0.6) is 0 Å². The zero-order chi connectivity index (χ0) is 14.8. The Labute approximate surface area is 127 Å². The number of hydrogen-bond acceptors (Lipinski definition) is 4. The Bertz CT molecular complexity index is 651. The normalized spacial score (nSPS) is 16.1. The van der Waals surface area contributed by atoms with Crippen LogP contribution in [0.1, 0.15) is 29.8 Å². The van der Waals surface area contributed by atoms with Crippen molar-refractivity contribution >= 4 is 23.2 Å². The molecule has 1 fully saturated rings. The van der Waals surface area contributed by atoms with E-state index in [1.165, 1.54) is 11.8 Å². The van der Waals surface area contributed by atoms with Crippen molar-refractivity contribution in [3.63, 3.8) is 0 Å².